The summed E-state index contributed by atoms with van der Waals surface area (Å²) in [6, 6.07) is 0. The zero-order chi connectivity index (χ0) is 16.2. The summed E-state index contributed by atoms with van der Waals surface area (Å²) in [4.78, 5) is 28.6. The van der Waals surface area contributed by atoms with Crippen LogP contribution in [0, 0.1) is 0 Å². The van der Waals surface area contributed by atoms with Crippen LogP contribution in [0.5, 0.6) is 0 Å². The van der Waals surface area contributed by atoms with Gasteiger partial charge in [0, 0.05) is 0 Å². The minimum Gasteiger partial charge on any atom is -0.466 e. The molecule has 1 aliphatic heterocycles. The van der Waals surface area contributed by atoms with Gasteiger partial charge in [-0.1, -0.05) is 0 Å². The lowest BCUT2D eigenvalue weighted by Crippen LogP contribution is -2.59. The molecule has 0 saturated carbocycles. The van der Waals surface area contributed by atoms with Gasteiger partial charge in [0.1, 0.15) is 24.4 Å². The number of phosphoric ester groups is 1. The Kier molecular flexibility index (Phi) is 6.70. The summed E-state index contributed by atoms with van der Waals surface area (Å²) in [7, 11) is -4.78. The summed E-state index contributed by atoms with van der Waals surface area (Å²) < 4.78 is 24.7. The Hall–Kier alpha value is -0.580. The van der Waals surface area contributed by atoms with Gasteiger partial charge < -0.3 is 34.6 Å². The van der Waals surface area contributed by atoms with E-state index in [1.54, 1.807) is 6.92 Å². The van der Waals surface area contributed by atoms with Crippen molar-refractivity contribution in [2.24, 2.45) is 0 Å². The highest BCUT2D eigenvalue weighted by atomic mass is 31.2. The third kappa shape index (κ3) is 5.61. The van der Waals surface area contributed by atoms with Crippen molar-refractivity contribution in [1.82, 2.24) is 0 Å². The SMILES string of the molecule is CCOC(=O)CC1OC(COP(=O)(O)O)C(O)C(O)C1O. The Balaban J connectivity index is 2.68. The molecule has 0 amide bonds. The topological polar surface area (TPSA) is 163 Å². The summed E-state index contributed by atoms with van der Waals surface area (Å²) in [5.41, 5.74) is 0. The lowest BCUT2D eigenvalue weighted by Gasteiger charge is -2.40. The molecule has 124 valence electrons. The predicted octanol–water partition coefficient (Wildman–Crippen LogP) is -2.10. The van der Waals surface area contributed by atoms with Gasteiger partial charge >= 0.3 is 13.8 Å². The first-order chi connectivity index (χ1) is 9.65. The van der Waals surface area contributed by atoms with Crippen LogP contribution in [0.25, 0.3) is 0 Å². The number of hydrogen-bond donors (Lipinski definition) is 5. The molecular formula is C10H19O10P. The van der Waals surface area contributed by atoms with Gasteiger partial charge in [-0.05, 0) is 6.92 Å². The van der Waals surface area contributed by atoms with Crippen LogP contribution in [0.2, 0.25) is 0 Å². The molecule has 0 radical (unpaired) electrons. The highest BCUT2D eigenvalue weighted by molar-refractivity contribution is 7.46. The fraction of sp³-hybridized carbons (Fsp3) is 0.900. The molecule has 0 spiro atoms. The number of carbonyl (C=O) groups is 1. The van der Waals surface area contributed by atoms with Gasteiger partial charge in [-0.25, -0.2) is 4.57 Å². The number of aliphatic hydroxyl groups is 3. The molecule has 0 aromatic carbocycles. The average Bonchev–Trinajstić information content (AvgIpc) is 2.37. The monoisotopic (exact) mass is 330 g/mol. The summed E-state index contributed by atoms with van der Waals surface area (Å²) in [6.45, 7) is 0.997. The van der Waals surface area contributed by atoms with E-state index >= 15 is 0 Å². The largest absolute Gasteiger partial charge is 0.469 e. The Morgan fingerprint density at radius 2 is 1.71 bits per heavy atom. The van der Waals surface area contributed by atoms with Gasteiger partial charge in [0.05, 0.1) is 25.7 Å². The third-order valence-corrected chi connectivity index (χ3v) is 3.38. The molecule has 21 heavy (non-hydrogen) atoms. The molecular weight excluding hydrogens is 311 g/mol. The quantitative estimate of drug-likeness (QED) is 0.269. The molecule has 0 aromatic heterocycles. The van der Waals surface area contributed by atoms with Crippen LogP contribution < -0.4 is 0 Å². The van der Waals surface area contributed by atoms with Gasteiger partial charge in [0.25, 0.3) is 0 Å². The zero-order valence-electron chi connectivity index (χ0n) is 11.2. The summed E-state index contributed by atoms with van der Waals surface area (Å²) in [5, 5.41) is 29.1. The maximum atomic E-state index is 11.4. The average molecular weight is 330 g/mol. The Morgan fingerprint density at radius 1 is 1.14 bits per heavy atom. The highest BCUT2D eigenvalue weighted by Crippen LogP contribution is 2.37. The molecule has 5 atom stereocenters. The zero-order valence-corrected chi connectivity index (χ0v) is 12.1. The summed E-state index contributed by atoms with van der Waals surface area (Å²) in [6.07, 6.45) is -7.70. The maximum absolute atomic E-state index is 11.4. The summed E-state index contributed by atoms with van der Waals surface area (Å²) in [5.74, 6) is -0.681. The number of hydrogen-bond acceptors (Lipinski definition) is 8. The van der Waals surface area contributed by atoms with E-state index in [4.69, 9.17) is 14.5 Å². The smallest absolute Gasteiger partial charge is 0.466 e. The second-order valence-corrected chi connectivity index (χ2v) is 5.72. The van der Waals surface area contributed by atoms with Gasteiger partial charge in [0.15, 0.2) is 0 Å². The lowest BCUT2D eigenvalue weighted by molar-refractivity contribution is -0.230. The fourth-order valence-corrected chi connectivity index (χ4v) is 2.23. The number of phosphoric acid groups is 1. The van der Waals surface area contributed by atoms with Crippen LogP contribution in [0.1, 0.15) is 13.3 Å². The molecule has 11 heteroatoms. The van der Waals surface area contributed by atoms with E-state index in [-0.39, 0.29) is 13.0 Å². The van der Waals surface area contributed by atoms with Gasteiger partial charge in [-0.3, -0.25) is 9.32 Å². The Labute approximate surface area is 120 Å². The number of carbonyl (C=O) groups excluding carboxylic acids is 1. The predicted molar refractivity (Wildman–Crippen MR) is 65.9 cm³/mol. The van der Waals surface area contributed by atoms with E-state index in [2.05, 4.69) is 9.26 Å². The maximum Gasteiger partial charge on any atom is 0.469 e. The van der Waals surface area contributed by atoms with Crippen LogP contribution in [0.4, 0.5) is 0 Å². The summed E-state index contributed by atoms with van der Waals surface area (Å²) >= 11 is 0. The minimum atomic E-state index is -4.78. The van der Waals surface area contributed by atoms with E-state index in [0.29, 0.717) is 0 Å². The van der Waals surface area contributed by atoms with Crippen molar-refractivity contribution in [2.75, 3.05) is 13.2 Å². The van der Waals surface area contributed by atoms with Crippen molar-refractivity contribution in [2.45, 2.75) is 43.9 Å². The van der Waals surface area contributed by atoms with Crippen molar-refractivity contribution in [1.29, 1.82) is 0 Å². The van der Waals surface area contributed by atoms with Crippen LogP contribution in [-0.4, -0.2) is 74.8 Å². The molecule has 1 aliphatic rings. The van der Waals surface area contributed by atoms with Crippen molar-refractivity contribution >= 4 is 13.8 Å². The van der Waals surface area contributed by atoms with E-state index in [9.17, 15) is 24.7 Å². The molecule has 0 aromatic rings. The highest BCUT2D eigenvalue weighted by Gasteiger charge is 2.45. The normalized spacial score (nSPS) is 33.7. The van der Waals surface area contributed by atoms with Crippen LogP contribution in [0.15, 0.2) is 0 Å². The molecule has 1 heterocycles. The van der Waals surface area contributed by atoms with Gasteiger partial charge in [-0.2, -0.15) is 0 Å². The minimum absolute atomic E-state index is 0.123. The lowest BCUT2D eigenvalue weighted by atomic mass is 9.93. The van der Waals surface area contributed by atoms with E-state index < -0.39 is 50.9 Å². The fourth-order valence-electron chi connectivity index (χ4n) is 1.89. The van der Waals surface area contributed by atoms with E-state index in [0.717, 1.165) is 0 Å². The molecule has 10 nitrogen and oxygen atoms in total. The molecule has 0 bridgehead atoms. The van der Waals surface area contributed by atoms with Crippen molar-refractivity contribution in [3.63, 3.8) is 0 Å². The van der Waals surface area contributed by atoms with Crippen LogP contribution in [0.3, 0.4) is 0 Å². The van der Waals surface area contributed by atoms with Crippen LogP contribution >= 0.6 is 7.82 Å². The first-order valence-corrected chi connectivity index (χ1v) is 7.74. The second-order valence-electron chi connectivity index (χ2n) is 4.48. The van der Waals surface area contributed by atoms with Crippen molar-refractivity contribution in [3.8, 4) is 0 Å². The molecule has 5 N–H and O–H groups in total. The molecule has 1 saturated heterocycles. The van der Waals surface area contributed by atoms with Gasteiger partial charge in [0.2, 0.25) is 0 Å². The Bertz CT molecular complexity index is 395. The van der Waals surface area contributed by atoms with E-state index in [1.165, 1.54) is 0 Å². The third-order valence-electron chi connectivity index (χ3n) is 2.89. The number of aliphatic hydroxyl groups excluding tert-OH is 3. The first kappa shape index (κ1) is 18.5. The van der Waals surface area contributed by atoms with Gasteiger partial charge in [-0.15, -0.1) is 0 Å². The van der Waals surface area contributed by atoms with Crippen molar-refractivity contribution < 1.29 is 48.5 Å². The molecule has 1 rings (SSSR count). The number of rotatable bonds is 6. The van der Waals surface area contributed by atoms with Crippen LogP contribution in [-0.2, 0) is 23.4 Å². The standard InChI is InChI=1S/C10H19O10P/c1-2-18-7(11)3-5-8(12)10(14)9(13)6(20-5)4-19-21(15,16)17/h5-6,8-10,12-14H,2-4H2,1H3,(H2,15,16,17). The van der Waals surface area contributed by atoms with E-state index in [1.807, 2.05) is 0 Å². The Morgan fingerprint density at radius 3 is 2.24 bits per heavy atom. The second kappa shape index (κ2) is 7.61. The number of esters is 1. The molecule has 0 aliphatic carbocycles. The first-order valence-electron chi connectivity index (χ1n) is 6.21. The van der Waals surface area contributed by atoms with Crippen molar-refractivity contribution in [3.05, 3.63) is 0 Å². The molecule has 1 fully saturated rings. The number of ether oxygens (including phenoxy) is 2. The molecule has 5 unspecified atom stereocenters.